The van der Waals surface area contributed by atoms with Crippen molar-refractivity contribution in [3.63, 3.8) is 0 Å². The fraction of sp³-hybridized carbons (Fsp3) is 0.615. The quantitative estimate of drug-likeness (QED) is 0.924. The number of hydrogen-bond donors (Lipinski definition) is 1. The normalized spacial score (nSPS) is 22.9. The molecule has 1 aromatic heterocycles. The third kappa shape index (κ3) is 4.31. The second-order valence-corrected chi connectivity index (χ2v) is 6.07. The summed E-state index contributed by atoms with van der Waals surface area (Å²) in [7, 11) is 0. The highest BCUT2D eigenvalue weighted by molar-refractivity contribution is 9.10. The van der Waals surface area contributed by atoms with Gasteiger partial charge in [0.05, 0.1) is 24.9 Å². The molecule has 1 unspecified atom stereocenters. The molecule has 4 nitrogen and oxygen atoms in total. The first kappa shape index (κ1) is 13.9. The Morgan fingerprint density at radius 1 is 1.56 bits per heavy atom. The average Bonchev–Trinajstić information content (AvgIpc) is 2.28. The van der Waals surface area contributed by atoms with Gasteiger partial charge in [-0.2, -0.15) is 0 Å². The number of hydrogen-bond acceptors (Lipinski definition) is 4. The number of rotatable bonds is 4. The van der Waals surface area contributed by atoms with Gasteiger partial charge in [0.25, 0.3) is 0 Å². The van der Waals surface area contributed by atoms with Crippen LogP contribution in [0.4, 0.5) is 0 Å². The monoisotopic (exact) mass is 314 g/mol. The summed E-state index contributed by atoms with van der Waals surface area (Å²) in [5.74, 6) is 0. The number of morpholine rings is 1. The molecule has 1 aliphatic rings. The summed E-state index contributed by atoms with van der Waals surface area (Å²) in [4.78, 5) is 4.10. The van der Waals surface area contributed by atoms with E-state index in [1.54, 1.807) is 6.20 Å². The van der Waals surface area contributed by atoms with E-state index in [9.17, 15) is 0 Å². The highest BCUT2D eigenvalue weighted by atomic mass is 79.9. The molecule has 1 aliphatic heterocycles. The fourth-order valence-electron chi connectivity index (χ4n) is 2.00. The van der Waals surface area contributed by atoms with Crippen molar-refractivity contribution in [2.75, 3.05) is 19.7 Å². The van der Waals surface area contributed by atoms with Crippen LogP contribution in [0.1, 0.15) is 19.4 Å². The smallest absolute Gasteiger partial charge is 0.0940 e. The van der Waals surface area contributed by atoms with Gasteiger partial charge < -0.3 is 14.8 Å². The van der Waals surface area contributed by atoms with Crippen LogP contribution in [0.2, 0.25) is 0 Å². The first-order chi connectivity index (χ1) is 8.55. The van der Waals surface area contributed by atoms with Gasteiger partial charge in [-0.05, 0) is 41.4 Å². The number of nitrogens with zero attached hydrogens (tertiary/aromatic N) is 1. The van der Waals surface area contributed by atoms with E-state index in [2.05, 4.69) is 40.1 Å². The number of aromatic nitrogens is 1. The van der Waals surface area contributed by atoms with Crippen molar-refractivity contribution in [1.82, 2.24) is 10.3 Å². The first-order valence-corrected chi connectivity index (χ1v) is 6.90. The molecule has 1 N–H and O–H groups in total. The maximum absolute atomic E-state index is 5.92. The lowest BCUT2D eigenvalue weighted by molar-refractivity contribution is -0.122. The van der Waals surface area contributed by atoms with Crippen molar-refractivity contribution in [3.05, 3.63) is 28.5 Å². The van der Waals surface area contributed by atoms with Gasteiger partial charge >= 0.3 is 0 Å². The predicted molar refractivity (Wildman–Crippen MR) is 73.4 cm³/mol. The highest BCUT2D eigenvalue weighted by Gasteiger charge is 2.28. The van der Waals surface area contributed by atoms with Gasteiger partial charge in [0.15, 0.2) is 0 Å². The van der Waals surface area contributed by atoms with Crippen LogP contribution in [0.5, 0.6) is 0 Å². The number of pyridine rings is 1. The summed E-state index contributed by atoms with van der Waals surface area (Å²) < 4.78 is 12.6. The van der Waals surface area contributed by atoms with Crippen LogP contribution in [-0.2, 0) is 16.1 Å². The van der Waals surface area contributed by atoms with Crippen molar-refractivity contribution in [1.29, 1.82) is 0 Å². The van der Waals surface area contributed by atoms with Crippen LogP contribution in [0, 0.1) is 0 Å². The number of ether oxygens (including phenoxy) is 2. The standard InChI is InChI=1S/C13H19BrN2O2/c1-13(2)9-16-6-12(18-13)8-17-7-10-3-11(14)5-15-4-10/h3-5,12,16H,6-9H2,1-2H3. The van der Waals surface area contributed by atoms with Crippen LogP contribution in [0.25, 0.3) is 0 Å². The lowest BCUT2D eigenvalue weighted by Crippen LogP contribution is -2.51. The highest BCUT2D eigenvalue weighted by Crippen LogP contribution is 2.16. The van der Waals surface area contributed by atoms with Crippen molar-refractivity contribution in [2.45, 2.75) is 32.2 Å². The van der Waals surface area contributed by atoms with E-state index >= 15 is 0 Å². The number of halogens is 1. The Morgan fingerprint density at radius 3 is 3.11 bits per heavy atom. The summed E-state index contributed by atoms with van der Waals surface area (Å²) in [5.41, 5.74) is 0.955. The molecule has 0 aliphatic carbocycles. The van der Waals surface area contributed by atoms with Crippen molar-refractivity contribution >= 4 is 15.9 Å². The van der Waals surface area contributed by atoms with E-state index < -0.39 is 0 Å². The van der Waals surface area contributed by atoms with Crippen molar-refractivity contribution in [2.24, 2.45) is 0 Å². The third-order valence-corrected chi connectivity index (χ3v) is 3.18. The molecular formula is C13H19BrN2O2. The molecule has 0 amide bonds. The second-order valence-electron chi connectivity index (χ2n) is 5.16. The fourth-order valence-corrected chi connectivity index (χ4v) is 2.42. The Morgan fingerprint density at radius 2 is 2.39 bits per heavy atom. The molecule has 0 radical (unpaired) electrons. The van der Waals surface area contributed by atoms with Crippen molar-refractivity contribution < 1.29 is 9.47 Å². The van der Waals surface area contributed by atoms with Crippen LogP contribution in [-0.4, -0.2) is 36.4 Å². The largest absolute Gasteiger partial charge is 0.374 e. The molecule has 5 heteroatoms. The average molecular weight is 315 g/mol. The second kappa shape index (κ2) is 6.10. The third-order valence-electron chi connectivity index (χ3n) is 2.74. The van der Waals surface area contributed by atoms with Crippen molar-refractivity contribution in [3.8, 4) is 0 Å². The molecule has 0 aromatic carbocycles. The molecule has 2 rings (SSSR count). The molecule has 1 saturated heterocycles. The summed E-state index contributed by atoms with van der Waals surface area (Å²) in [6, 6.07) is 2.01. The van der Waals surface area contributed by atoms with Gasteiger partial charge in [0.2, 0.25) is 0 Å². The molecule has 100 valence electrons. The van der Waals surface area contributed by atoms with Gasteiger partial charge in [-0.3, -0.25) is 4.98 Å². The lowest BCUT2D eigenvalue weighted by Gasteiger charge is -2.36. The van der Waals surface area contributed by atoms with Gasteiger partial charge in [-0.25, -0.2) is 0 Å². The van der Waals surface area contributed by atoms with Crippen LogP contribution >= 0.6 is 15.9 Å². The predicted octanol–water partition coefficient (Wildman–Crippen LogP) is 2.13. The lowest BCUT2D eigenvalue weighted by atomic mass is 10.1. The van der Waals surface area contributed by atoms with Gasteiger partial charge in [-0.15, -0.1) is 0 Å². The minimum absolute atomic E-state index is 0.108. The Balaban J connectivity index is 1.75. The van der Waals surface area contributed by atoms with Gasteiger partial charge in [0.1, 0.15) is 0 Å². The summed E-state index contributed by atoms with van der Waals surface area (Å²) in [6.07, 6.45) is 3.70. The van der Waals surface area contributed by atoms with E-state index in [1.165, 1.54) is 0 Å². The molecule has 2 heterocycles. The Labute approximate surface area is 116 Å². The van der Waals surface area contributed by atoms with Crippen LogP contribution in [0.3, 0.4) is 0 Å². The minimum atomic E-state index is -0.108. The van der Waals surface area contributed by atoms with E-state index in [1.807, 2.05) is 12.3 Å². The van der Waals surface area contributed by atoms with Crippen LogP contribution < -0.4 is 5.32 Å². The zero-order valence-electron chi connectivity index (χ0n) is 10.8. The number of nitrogens with one attached hydrogen (secondary N) is 1. The Kier molecular flexibility index (Phi) is 4.72. The maximum atomic E-state index is 5.92. The Hall–Kier alpha value is -0.490. The molecule has 1 atom stereocenters. The summed E-state index contributed by atoms with van der Waals surface area (Å²) in [6.45, 7) is 7.07. The van der Waals surface area contributed by atoms with E-state index in [0.29, 0.717) is 13.2 Å². The molecule has 1 aromatic rings. The summed E-state index contributed by atoms with van der Waals surface area (Å²) in [5, 5.41) is 3.36. The zero-order valence-corrected chi connectivity index (χ0v) is 12.4. The topological polar surface area (TPSA) is 43.4 Å². The molecule has 0 bridgehead atoms. The Bertz CT molecular complexity index is 398. The maximum Gasteiger partial charge on any atom is 0.0940 e. The minimum Gasteiger partial charge on any atom is -0.374 e. The van der Waals surface area contributed by atoms with E-state index in [4.69, 9.17) is 9.47 Å². The molecule has 0 saturated carbocycles. The SMILES string of the molecule is CC1(C)CNCC(COCc2cncc(Br)c2)O1. The first-order valence-electron chi connectivity index (χ1n) is 6.11. The van der Waals surface area contributed by atoms with E-state index in [0.717, 1.165) is 23.1 Å². The zero-order chi connectivity index (χ0) is 13.0. The molecular weight excluding hydrogens is 296 g/mol. The van der Waals surface area contributed by atoms with Gasteiger partial charge in [0, 0.05) is 30.0 Å². The van der Waals surface area contributed by atoms with Gasteiger partial charge in [-0.1, -0.05) is 0 Å². The molecule has 18 heavy (non-hydrogen) atoms. The molecule has 1 fully saturated rings. The summed E-state index contributed by atoms with van der Waals surface area (Å²) >= 11 is 3.39. The van der Waals surface area contributed by atoms with Crippen LogP contribution in [0.15, 0.2) is 22.9 Å². The van der Waals surface area contributed by atoms with E-state index in [-0.39, 0.29) is 11.7 Å². The molecule has 0 spiro atoms.